The maximum absolute atomic E-state index is 12.2. The molecule has 0 radical (unpaired) electrons. The number of unbranched alkanes of at least 4 members (excludes halogenated alkanes) is 10. The van der Waals surface area contributed by atoms with Crippen LogP contribution in [0.3, 0.4) is 0 Å². The number of pyridine rings is 1. The molecule has 1 aliphatic heterocycles. The second-order valence-electron chi connectivity index (χ2n) is 11.9. The zero-order valence-corrected chi connectivity index (χ0v) is 26.8. The fourth-order valence-electron chi connectivity index (χ4n) is 5.37. The molecule has 0 aliphatic carbocycles. The fourth-order valence-corrected chi connectivity index (χ4v) is 5.37. The third-order valence-electron chi connectivity index (χ3n) is 7.70. The first kappa shape index (κ1) is 36.6. The number of fused-ring (bicyclic) bond motifs is 1. The maximum Gasteiger partial charge on any atom is 0.305 e. The second-order valence-corrected chi connectivity index (χ2v) is 11.9. The summed E-state index contributed by atoms with van der Waals surface area (Å²) < 4.78 is 18.1. The van der Waals surface area contributed by atoms with Gasteiger partial charge in [0.25, 0.3) is 0 Å². The van der Waals surface area contributed by atoms with Crippen LogP contribution >= 0.6 is 0 Å². The number of aliphatic hydroxyl groups is 1. The van der Waals surface area contributed by atoms with Crippen molar-refractivity contribution in [2.24, 2.45) is 0 Å². The van der Waals surface area contributed by atoms with Crippen LogP contribution in [0.2, 0.25) is 0 Å². The van der Waals surface area contributed by atoms with Gasteiger partial charge in [-0.1, -0.05) is 84.5 Å². The van der Waals surface area contributed by atoms with Gasteiger partial charge in [-0.05, 0) is 13.3 Å². The molecule has 2 heterocycles. The van der Waals surface area contributed by atoms with Gasteiger partial charge in [-0.25, -0.2) is 4.98 Å². The van der Waals surface area contributed by atoms with E-state index in [0.717, 1.165) is 66.9 Å². The van der Waals surface area contributed by atoms with Crippen LogP contribution < -0.4 is 17.1 Å². The highest BCUT2D eigenvalue weighted by molar-refractivity contribution is 5.69. The van der Waals surface area contributed by atoms with Crippen LogP contribution in [0.5, 0.6) is 5.75 Å². The van der Waals surface area contributed by atoms with Crippen molar-refractivity contribution in [2.45, 2.75) is 143 Å². The lowest BCUT2D eigenvalue weighted by Gasteiger charge is -2.33. The van der Waals surface area contributed by atoms with Gasteiger partial charge in [0.05, 0.1) is 46.2 Å². The van der Waals surface area contributed by atoms with Gasteiger partial charge in [0.15, 0.2) is 6.29 Å². The van der Waals surface area contributed by atoms with Crippen molar-refractivity contribution in [3.05, 3.63) is 22.5 Å². The summed E-state index contributed by atoms with van der Waals surface area (Å²) in [6.45, 7) is 8.65. The number of quaternary nitrogens is 1. The number of aryl methyl sites for hydroxylation is 1. The number of hydrogen-bond acceptors (Lipinski definition) is 6. The van der Waals surface area contributed by atoms with Gasteiger partial charge in [0.2, 0.25) is 0 Å². The van der Waals surface area contributed by atoms with Crippen molar-refractivity contribution in [3.8, 4) is 5.75 Å². The lowest BCUT2D eigenvalue weighted by atomic mass is 10.0. The van der Waals surface area contributed by atoms with Crippen molar-refractivity contribution in [1.29, 1.82) is 0 Å². The molecule has 1 atom stereocenters. The molecule has 1 unspecified atom stereocenters. The first-order chi connectivity index (χ1) is 18.8. The molecule has 0 spiro atoms. The molecule has 0 saturated heterocycles. The van der Waals surface area contributed by atoms with Crippen LogP contribution in [0.25, 0.3) is 0 Å². The summed E-state index contributed by atoms with van der Waals surface area (Å²) in [4.78, 5) is 17.0. The molecule has 8 heteroatoms. The Kier molecular flexibility index (Phi) is 18.7. The number of hydrogen-bond donors (Lipinski definition) is 1. The molecule has 1 aliphatic rings. The van der Waals surface area contributed by atoms with Gasteiger partial charge in [-0.15, -0.1) is 0 Å². The Morgan fingerprint density at radius 3 is 2.20 bits per heavy atom. The Bertz CT molecular complexity index is 849. The summed E-state index contributed by atoms with van der Waals surface area (Å²) in [5.41, 5.74) is 3.46. The van der Waals surface area contributed by atoms with Crippen LogP contribution in [-0.4, -0.2) is 54.1 Å². The van der Waals surface area contributed by atoms with Crippen molar-refractivity contribution in [3.63, 3.8) is 0 Å². The van der Waals surface area contributed by atoms with E-state index in [1.165, 1.54) is 57.8 Å². The molecular weight excluding hydrogens is 528 g/mol. The van der Waals surface area contributed by atoms with Crippen molar-refractivity contribution in [1.82, 2.24) is 4.98 Å². The predicted molar refractivity (Wildman–Crippen MR) is 156 cm³/mol. The minimum atomic E-state index is -0.245. The highest BCUT2D eigenvalue weighted by atomic mass is 35.5. The predicted octanol–water partition coefficient (Wildman–Crippen LogP) is 4.13. The maximum atomic E-state index is 12.2. The van der Waals surface area contributed by atoms with Gasteiger partial charge >= 0.3 is 5.97 Å². The molecule has 1 aromatic heterocycles. The number of carbonyl (C=O) groups excluding carboxylic acids is 1. The smallest absolute Gasteiger partial charge is 0.305 e. The van der Waals surface area contributed by atoms with Crippen LogP contribution in [-0.2, 0) is 34.0 Å². The Hall–Kier alpha value is -1.41. The second kappa shape index (κ2) is 20.5. The Balaban J connectivity index is 0.00000800. The number of nitrogens with zero attached hydrogens (tertiary/aromatic N) is 2. The van der Waals surface area contributed by atoms with Crippen LogP contribution in [0.1, 0.15) is 133 Å². The monoisotopic (exact) mass is 584 g/mol. The van der Waals surface area contributed by atoms with Gasteiger partial charge in [0.1, 0.15) is 18.0 Å². The van der Waals surface area contributed by atoms with E-state index in [4.69, 9.17) is 19.2 Å². The van der Waals surface area contributed by atoms with E-state index in [-0.39, 0.29) is 31.3 Å². The van der Waals surface area contributed by atoms with E-state index in [2.05, 4.69) is 27.9 Å². The summed E-state index contributed by atoms with van der Waals surface area (Å²) >= 11 is 0. The number of halogens is 1. The summed E-state index contributed by atoms with van der Waals surface area (Å²) in [6, 6.07) is 0. The standard InChI is InChI=1S/C32H57N2O5.ClH/c1-6-8-9-10-11-12-13-14-15-16-17-20-30(36)37-22-18-21-34(4,5)23-29-27(24-35)28-25-38-31(19-7-2)39-32(28)26(3)33-29;/h31,35H,6-25H2,1-5H3;1H/q+1;/p-1. The molecule has 40 heavy (non-hydrogen) atoms. The molecule has 0 bridgehead atoms. The minimum Gasteiger partial charge on any atom is -1.00 e. The van der Waals surface area contributed by atoms with Gasteiger partial charge in [-0.2, -0.15) is 0 Å². The van der Waals surface area contributed by atoms with Crippen LogP contribution in [0.4, 0.5) is 0 Å². The zero-order valence-electron chi connectivity index (χ0n) is 26.1. The first-order valence-corrected chi connectivity index (χ1v) is 15.7. The van der Waals surface area contributed by atoms with Gasteiger partial charge < -0.3 is 36.2 Å². The average molecular weight is 585 g/mol. The zero-order chi connectivity index (χ0) is 28.5. The Morgan fingerprint density at radius 2 is 1.60 bits per heavy atom. The van der Waals surface area contributed by atoms with Gasteiger partial charge in [-0.3, -0.25) is 4.79 Å². The molecule has 7 nitrogen and oxygen atoms in total. The SMILES string of the molecule is CCCCCCCCCCCCCC(=O)OCCC[N+](C)(C)Cc1nc(C)c2c(c1CO)COC(CCC)O2.[Cl-]. The molecule has 0 amide bonds. The number of aromatic nitrogens is 1. The lowest BCUT2D eigenvalue weighted by Crippen LogP contribution is -3.00. The number of carbonyl (C=O) groups is 1. The van der Waals surface area contributed by atoms with E-state index in [1.807, 2.05) is 6.92 Å². The quantitative estimate of drug-likeness (QED) is 0.133. The molecule has 232 valence electrons. The highest BCUT2D eigenvalue weighted by Crippen LogP contribution is 2.35. The number of aliphatic hydroxyl groups excluding tert-OH is 1. The molecule has 2 rings (SSSR count). The first-order valence-electron chi connectivity index (χ1n) is 15.7. The van der Waals surface area contributed by atoms with Crippen LogP contribution in [0.15, 0.2) is 0 Å². The van der Waals surface area contributed by atoms with E-state index in [9.17, 15) is 9.90 Å². The summed E-state index contributed by atoms with van der Waals surface area (Å²) in [5, 5.41) is 10.2. The normalized spacial score (nSPS) is 14.8. The van der Waals surface area contributed by atoms with Crippen molar-refractivity contribution in [2.75, 3.05) is 27.2 Å². The number of esters is 1. The topological polar surface area (TPSA) is 77.9 Å². The molecule has 1 aromatic rings. The average Bonchev–Trinajstić information content (AvgIpc) is 2.90. The van der Waals surface area contributed by atoms with Crippen molar-refractivity contribution < 1.29 is 41.0 Å². The Morgan fingerprint density at radius 1 is 0.975 bits per heavy atom. The van der Waals surface area contributed by atoms with Gasteiger partial charge in [0, 0.05) is 30.4 Å². The third kappa shape index (κ3) is 13.5. The van der Waals surface area contributed by atoms with E-state index < -0.39 is 0 Å². The fraction of sp³-hybridized carbons (Fsp3) is 0.812. The van der Waals surface area contributed by atoms with E-state index >= 15 is 0 Å². The number of rotatable bonds is 21. The van der Waals surface area contributed by atoms with E-state index in [1.54, 1.807) is 0 Å². The molecule has 0 saturated carbocycles. The minimum absolute atomic E-state index is 0. The Labute approximate surface area is 250 Å². The molecule has 1 N–H and O–H groups in total. The van der Waals surface area contributed by atoms with E-state index in [0.29, 0.717) is 30.7 Å². The van der Waals surface area contributed by atoms with Crippen LogP contribution in [0, 0.1) is 6.92 Å². The summed E-state index contributed by atoms with van der Waals surface area (Å²) in [6.07, 6.45) is 16.9. The summed E-state index contributed by atoms with van der Waals surface area (Å²) in [5.74, 6) is 0.690. The number of ether oxygens (including phenoxy) is 3. The largest absolute Gasteiger partial charge is 1.00 e. The lowest BCUT2D eigenvalue weighted by molar-refractivity contribution is -0.904. The molecule has 0 aromatic carbocycles. The molecular formula is C32H57ClN2O5. The third-order valence-corrected chi connectivity index (χ3v) is 7.70. The highest BCUT2D eigenvalue weighted by Gasteiger charge is 2.29. The van der Waals surface area contributed by atoms with Crippen molar-refractivity contribution >= 4 is 5.97 Å². The molecule has 0 fully saturated rings. The summed E-state index contributed by atoms with van der Waals surface area (Å²) in [7, 11) is 4.30.